The van der Waals surface area contributed by atoms with E-state index in [1.807, 2.05) is 0 Å². The van der Waals surface area contributed by atoms with Gasteiger partial charge in [-0.15, -0.1) is 12.3 Å². The lowest BCUT2D eigenvalue weighted by Gasteiger charge is -1.90. The molecule has 0 aromatic heterocycles. The van der Waals surface area contributed by atoms with Crippen molar-refractivity contribution in [3.8, 4) is 12.3 Å². The molecule has 62 valence electrons. The molecule has 3 heteroatoms. The average molecular weight is 152 g/mol. The summed E-state index contributed by atoms with van der Waals surface area (Å²) >= 11 is 0. The molecule has 0 bridgehead atoms. The fourth-order valence-corrected chi connectivity index (χ4v) is 0.654. The SMILES string of the molecule is C#CCCCCCC.[N-]=[N+]=[N-]. The number of nitrogens with zero attached hydrogens (tertiary/aromatic N) is 3. The number of terminal acetylenes is 1. The molecule has 3 nitrogen and oxygen atoms in total. The second-order valence-corrected chi connectivity index (χ2v) is 2.10. The largest absolute Gasteiger partial charge is 0.373 e. The maximum Gasteiger partial charge on any atom is 0.00860 e. The Kier molecular flexibility index (Phi) is 18.2. The first-order valence-corrected chi connectivity index (χ1v) is 3.75. The Morgan fingerprint density at radius 2 is 1.82 bits per heavy atom. The van der Waals surface area contributed by atoms with Crippen LogP contribution in [-0.4, -0.2) is 0 Å². The predicted octanol–water partition coefficient (Wildman–Crippen LogP) is 3.46. The predicted molar refractivity (Wildman–Crippen MR) is 47.7 cm³/mol. The molecule has 0 saturated carbocycles. The molecular formula is C8H14N3-. The van der Waals surface area contributed by atoms with Crippen LogP contribution in [-0.2, 0) is 0 Å². The third kappa shape index (κ3) is 28.0. The van der Waals surface area contributed by atoms with E-state index in [1.54, 1.807) is 0 Å². The molecule has 0 amide bonds. The van der Waals surface area contributed by atoms with Crippen molar-refractivity contribution < 1.29 is 0 Å². The van der Waals surface area contributed by atoms with E-state index in [0.29, 0.717) is 0 Å². The molecule has 0 atom stereocenters. The van der Waals surface area contributed by atoms with E-state index in [1.165, 1.54) is 30.6 Å². The minimum absolute atomic E-state index is 0.958. The van der Waals surface area contributed by atoms with Crippen LogP contribution in [0.4, 0.5) is 0 Å². The van der Waals surface area contributed by atoms with E-state index in [9.17, 15) is 0 Å². The second kappa shape index (κ2) is 15.9. The first-order valence-electron chi connectivity index (χ1n) is 3.75. The summed E-state index contributed by atoms with van der Waals surface area (Å²) in [6, 6.07) is 0. The topological polar surface area (TPSA) is 58.7 Å². The first-order chi connectivity index (χ1) is 5.33. The summed E-state index contributed by atoms with van der Waals surface area (Å²) in [6.45, 7) is 2.20. The van der Waals surface area contributed by atoms with Gasteiger partial charge in [0.25, 0.3) is 0 Å². The molecule has 0 rings (SSSR count). The molecule has 0 aromatic carbocycles. The number of hydrogen-bond acceptors (Lipinski definition) is 0. The molecule has 0 aliphatic heterocycles. The lowest BCUT2D eigenvalue weighted by molar-refractivity contribution is 0.680. The Morgan fingerprint density at radius 3 is 2.18 bits per heavy atom. The zero-order chi connectivity index (χ0) is 8.95. The number of rotatable bonds is 4. The first kappa shape index (κ1) is 12.5. The van der Waals surface area contributed by atoms with Crippen LogP contribution < -0.4 is 0 Å². The van der Waals surface area contributed by atoms with Gasteiger partial charge in [0, 0.05) is 6.42 Å². The summed E-state index contributed by atoms with van der Waals surface area (Å²) in [6.07, 6.45) is 11.2. The molecule has 0 aliphatic carbocycles. The highest BCUT2D eigenvalue weighted by Gasteiger charge is 1.81. The Morgan fingerprint density at radius 1 is 1.27 bits per heavy atom. The van der Waals surface area contributed by atoms with Gasteiger partial charge in [-0.3, -0.25) is 4.91 Å². The standard InChI is InChI=1S/C8H14.N3/c1-3-5-7-8-6-4-2;1-3-2/h1H,4-8H2,2H3;/q;-1. The zero-order valence-electron chi connectivity index (χ0n) is 6.95. The minimum Gasteiger partial charge on any atom is -0.373 e. The summed E-state index contributed by atoms with van der Waals surface area (Å²) in [5.41, 5.74) is 13.5. The number of unbranched alkanes of at least 4 members (excludes halogenated alkanes) is 4. The Hall–Kier alpha value is -1.13. The van der Waals surface area contributed by atoms with Crippen molar-refractivity contribution in [3.63, 3.8) is 0 Å². The van der Waals surface area contributed by atoms with Crippen LogP contribution in [0, 0.1) is 12.3 Å². The third-order valence-electron chi connectivity index (χ3n) is 1.17. The molecule has 0 unspecified atom stereocenters. The molecule has 0 aliphatic rings. The van der Waals surface area contributed by atoms with Crippen LogP contribution in [0.25, 0.3) is 16.0 Å². The fourth-order valence-electron chi connectivity index (χ4n) is 0.654. The quantitative estimate of drug-likeness (QED) is 0.195. The lowest BCUT2D eigenvalue weighted by Crippen LogP contribution is -1.72. The van der Waals surface area contributed by atoms with Crippen LogP contribution in [0.5, 0.6) is 0 Å². The smallest absolute Gasteiger partial charge is 0.00860 e. The van der Waals surface area contributed by atoms with Crippen LogP contribution in [0.2, 0.25) is 0 Å². The third-order valence-corrected chi connectivity index (χ3v) is 1.17. The van der Waals surface area contributed by atoms with Crippen molar-refractivity contribution in [3.05, 3.63) is 16.0 Å². The minimum atomic E-state index is 0.958. The molecule has 0 N–H and O–H groups in total. The summed E-state index contributed by atoms with van der Waals surface area (Å²) in [5, 5.41) is 0. The highest BCUT2D eigenvalue weighted by molar-refractivity contribution is 4.82. The molecule has 11 heavy (non-hydrogen) atoms. The van der Waals surface area contributed by atoms with Crippen LogP contribution in [0.15, 0.2) is 0 Å². The van der Waals surface area contributed by atoms with E-state index in [4.69, 9.17) is 17.5 Å². The lowest BCUT2D eigenvalue weighted by atomic mass is 10.2. The van der Waals surface area contributed by atoms with E-state index >= 15 is 0 Å². The highest BCUT2D eigenvalue weighted by Crippen LogP contribution is 2.00. The number of hydrogen-bond donors (Lipinski definition) is 0. The summed E-state index contributed by atoms with van der Waals surface area (Å²) in [4.78, 5) is 1.50. The highest BCUT2D eigenvalue weighted by atomic mass is 15.0. The Labute approximate surface area is 68.2 Å². The molecule has 0 fully saturated rings. The van der Waals surface area contributed by atoms with Gasteiger partial charge in [-0.25, -0.2) is 0 Å². The maximum absolute atomic E-state index is 6.75. The maximum atomic E-state index is 6.75. The van der Waals surface area contributed by atoms with E-state index < -0.39 is 0 Å². The fraction of sp³-hybridized carbons (Fsp3) is 0.750. The monoisotopic (exact) mass is 152 g/mol. The van der Waals surface area contributed by atoms with E-state index in [0.717, 1.165) is 6.42 Å². The van der Waals surface area contributed by atoms with Gasteiger partial charge in [-0.05, 0) is 6.42 Å². The van der Waals surface area contributed by atoms with Crippen LogP contribution in [0.1, 0.15) is 39.0 Å². The molecule has 0 spiro atoms. The van der Waals surface area contributed by atoms with Gasteiger partial charge in [-0.2, -0.15) is 0 Å². The van der Waals surface area contributed by atoms with Crippen molar-refractivity contribution in [2.24, 2.45) is 0 Å². The van der Waals surface area contributed by atoms with Crippen molar-refractivity contribution in [1.29, 1.82) is 0 Å². The summed E-state index contributed by atoms with van der Waals surface area (Å²) < 4.78 is 0. The van der Waals surface area contributed by atoms with Crippen LogP contribution in [0.3, 0.4) is 0 Å². The Bertz CT molecular complexity index is 129. The van der Waals surface area contributed by atoms with E-state index in [-0.39, 0.29) is 0 Å². The second-order valence-electron chi connectivity index (χ2n) is 2.10. The van der Waals surface area contributed by atoms with Crippen molar-refractivity contribution in [2.75, 3.05) is 0 Å². The van der Waals surface area contributed by atoms with Gasteiger partial charge in [-0.1, -0.05) is 26.2 Å². The molecule has 0 aromatic rings. The molecule has 0 heterocycles. The van der Waals surface area contributed by atoms with Crippen molar-refractivity contribution in [1.82, 2.24) is 0 Å². The van der Waals surface area contributed by atoms with Gasteiger partial charge in [0.2, 0.25) is 0 Å². The normalized spacial score (nSPS) is 6.91. The molecular weight excluding hydrogens is 138 g/mol. The van der Waals surface area contributed by atoms with Gasteiger partial charge in [0.1, 0.15) is 0 Å². The summed E-state index contributed by atoms with van der Waals surface area (Å²) in [5.74, 6) is 2.63. The molecule has 0 saturated heterocycles. The molecule has 0 radical (unpaired) electrons. The Balaban J connectivity index is 0. The van der Waals surface area contributed by atoms with Gasteiger partial charge in [0.15, 0.2) is 0 Å². The van der Waals surface area contributed by atoms with E-state index in [2.05, 4.69) is 12.8 Å². The van der Waals surface area contributed by atoms with Crippen molar-refractivity contribution in [2.45, 2.75) is 39.0 Å². The van der Waals surface area contributed by atoms with Gasteiger partial charge >= 0.3 is 0 Å². The van der Waals surface area contributed by atoms with Gasteiger partial charge in [0.05, 0.1) is 0 Å². The summed E-state index contributed by atoms with van der Waals surface area (Å²) in [7, 11) is 0. The van der Waals surface area contributed by atoms with Crippen molar-refractivity contribution >= 4 is 0 Å². The van der Waals surface area contributed by atoms with Gasteiger partial charge < -0.3 is 11.1 Å². The average Bonchev–Trinajstić information content (AvgIpc) is 2.00. The van der Waals surface area contributed by atoms with Crippen LogP contribution >= 0.6 is 0 Å². The zero-order valence-corrected chi connectivity index (χ0v) is 6.95.